The Morgan fingerprint density at radius 2 is 2.13 bits per heavy atom. The monoisotopic (exact) mass is 266 g/mol. The molecule has 0 saturated heterocycles. The summed E-state index contributed by atoms with van der Waals surface area (Å²) in [6.45, 7) is 8.25. The minimum atomic E-state index is 0.433. The first-order valence-corrected chi connectivity index (χ1v) is 6.38. The lowest BCUT2D eigenvalue weighted by atomic mass is 9.97. The number of unbranched alkanes of at least 4 members (excludes halogenated alkanes) is 1. The minimum Gasteiger partial charge on any atom is -0.102 e. The van der Waals surface area contributed by atoms with Crippen LogP contribution in [0.4, 0.5) is 0 Å². The number of allylic oxidation sites excluding steroid dienone is 1. The van der Waals surface area contributed by atoms with Crippen molar-refractivity contribution in [2.75, 3.05) is 0 Å². The zero-order valence-electron chi connectivity index (χ0n) is 9.59. The predicted molar refractivity (Wildman–Crippen MR) is 71.4 cm³/mol. The second-order valence-electron chi connectivity index (χ2n) is 4.02. The van der Waals surface area contributed by atoms with Gasteiger partial charge < -0.3 is 0 Å². The minimum absolute atomic E-state index is 0.433. The van der Waals surface area contributed by atoms with Gasteiger partial charge in [0.05, 0.1) is 0 Å². The van der Waals surface area contributed by atoms with E-state index in [0.29, 0.717) is 5.92 Å². The molecule has 0 aliphatic rings. The van der Waals surface area contributed by atoms with Crippen molar-refractivity contribution in [1.29, 1.82) is 0 Å². The highest BCUT2D eigenvalue weighted by Gasteiger charge is 2.04. The first kappa shape index (κ1) is 12.5. The van der Waals surface area contributed by atoms with E-state index in [1.54, 1.807) is 0 Å². The third-order valence-corrected chi connectivity index (χ3v) is 3.14. The quantitative estimate of drug-likeness (QED) is 0.652. The van der Waals surface area contributed by atoms with E-state index in [4.69, 9.17) is 0 Å². The molecule has 0 N–H and O–H groups in total. The molecule has 0 fully saturated rings. The van der Waals surface area contributed by atoms with Crippen molar-refractivity contribution in [2.24, 2.45) is 0 Å². The van der Waals surface area contributed by atoms with Gasteiger partial charge in [-0.25, -0.2) is 0 Å². The van der Waals surface area contributed by atoms with Crippen LogP contribution in [0, 0.1) is 0 Å². The lowest BCUT2D eigenvalue weighted by Crippen LogP contribution is -1.92. The number of benzene rings is 1. The highest BCUT2D eigenvalue weighted by atomic mass is 79.9. The summed E-state index contributed by atoms with van der Waals surface area (Å²) in [5.41, 5.74) is 2.78. The lowest BCUT2D eigenvalue weighted by molar-refractivity contribution is 0.792. The zero-order valence-corrected chi connectivity index (χ0v) is 11.2. The fraction of sp³-hybridized carbons (Fsp3) is 0.429. The normalized spacial score (nSPS) is 12.5. The molecule has 1 aromatic carbocycles. The molecule has 82 valence electrons. The summed E-state index contributed by atoms with van der Waals surface area (Å²) in [5, 5.41) is 0. The number of hydrogen-bond acceptors (Lipinski definition) is 0. The Bertz CT molecular complexity index is 328. The van der Waals surface area contributed by atoms with E-state index >= 15 is 0 Å². The predicted octanol–water partition coefficient (Wildman–Crippen LogP) is 5.08. The van der Waals surface area contributed by atoms with Crippen LogP contribution in [-0.2, 0) is 6.42 Å². The Morgan fingerprint density at radius 3 is 2.73 bits per heavy atom. The molecule has 0 nitrogen and oxygen atoms in total. The summed E-state index contributed by atoms with van der Waals surface area (Å²) in [6.07, 6.45) is 5.68. The van der Waals surface area contributed by atoms with Crippen molar-refractivity contribution in [3.8, 4) is 0 Å². The Labute approximate surface area is 102 Å². The Balaban J connectivity index is 2.89. The average Bonchev–Trinajstić information content (AvgIpc) is 2.24. The van der Waals surface area contributed by atoms with Crippen LogP contribution in [0.1, 0.15) is 43.7 Å². The van der Waals surface area contributed by atoms with Gasteiger partial charge >= 0.3 is 0 Å². The fourth-order valence-electron chi connectivity index (χ4n) is 1.60. The molecule has 0 aromatic heterocycles. The van der Waals surface area contributed by atoms with Gasteiger partial charge in [-0.2, -0.15) is 0 Å². The zero-order chi connectivity index (χ0) is 11.3. The second kappa shape index (κ2) is 6.12. The highest BCUT2D eigenvalue weighted by Crippen LogP contribution is 2.23. The van der Waals surface area contributed by atoms with Gasteiger partial charge in [-0.1, -0.05) is 48.3 Å². The van der Waals surface area contributed by atoms with Gasteiger partial charge in [-0.05, 0) is 42.0 Å². The van der Waals surface area contributed by atoms with E-state index in [2.05, 4.69) is 54.6 Å². The number of aryl methyl sites for hydroxylation is 1. The molecule has 0 aliphatic carbocycles. The summed E-state index contributed by atoms with van der Waals surface area (Å²) < 4.78 is 1.18. The van der Waals surface area contributed by atoms with Crippen LogP contribution in [0.25, 0.3) is 0 Å². The molecule has 1 atom stereocenters. The molecule has 0 radical (unpaired) electrons. The molecule has 0 amide bonds. The van der Waals surface area contributed by atoms with Crippen molar-refractivity contribution < 1.29 is 0 Å². The maximum atomic E-state index is 3.84. The van der Waals surface area contributed by atoms with Crippen LogP contribution in [0.2, 0.25) is 0 Å². The first-order chi connectivity index (χ1) is 7.17. The Kier molecular flexibility index (Phi) is 5.10. The summed E-state index contributed by atoms with van der Waals surface area (Å²) in [4.78, 5) is 0. The molecule has 0 spiro atoms. The van der Waals surface area contributed by atoms with Crippen LogP contribution in [-0.4, -0.2) is 0 Å². The Morgan fingerprint density at radius 1 is 1.40 bits per heavy atom. The van der Waals surface area contributed by atoms with E-state index in [1.165, 1.54) is 34.9 Å². The van der Waals surface area contributed by atoms with E-state index in [-0.39, 0.29) is 0 Å². The van der Waals surface area contributed by atoms with Gasteiger partial charge in [0.25, 0.3) is 0 Å². The largest absolute Gasteiger partial charge is 0.102 e. The van der Waals surface area contributed by atoms with Gasteiger partial charge in [-0.15, -0.1) is 6.58 Å². The molecule has 15 heavy (non-hydrogen) atoms. The molecule has 0 heterocycles. The SMILES string of the molecule is C=CC(C)c1cc(Br)cc(CCCC)c1. The van der Waals surface area contributed by atoms with E-state index in [1.807, 2.05) is 6.08 Å². The number of hydrogen-bond donors (Lipinski definition) is 0. The summed E-state index contributed by atoms with van der Waals surface area (Å²) in [6, 6.07) is 6.70. The van der Waals surface area contributed by atoms with Crippen LogP contribution < -0.4 is 0 Å². The molecule has 1 rings (SSSR count). The van der Waals surface area contributed by atoms with Crippen LogP contribution >= 0.6 is 15.9 Å². The maximum absolute atomic E-state index is 3.84. The molecule has 0 bridgehead atoms. The van der Waals surface area contributed by atoms with E-state index < -0.39 is 0 Å². The van der Waals surface area contributed by atoms with Crippen LogP contribution in [0.5, 0.6) is 0 Å². The standard InChI is InChI=1S/C14H19Br/c1-4-6-7-12-8-13(11(3)5-2)10-14(15)9-12/h5,8-11H,2,4,6-7H2,1,3H3. The van der Waals surface area contributed by atoms with Crippen molar-refractivity contribution in [3.63, 3.8) is 0 Å². The van der Waals surface area contributed by atoms with Crippen molar-refractivity contribution in [3.05, 3.63) is 46.5 Å². The highest BCUT2D eigenvalue weighted by molar-refractivity contribution is 9.10. The lowest BCUT2D eigenvalue weighted by Gasteiger charge is -2.10. The Hall–Kier alpha value is -0.560. The van der Waals surface area contributed by atoms with Crippen LogP contribution in [0.15, 0.2) is 35.3 Å². The van der Waals surface area contributed by atoms with E-state index in [9.17, 15) is 0 Å². The second-order valence-corrected chi connectivity index (χ2v) is 4.94. The molecular formula is C14H19Br. The van der Waals surface area contributed by atoms with Crippen LogP contribution in [0.3, 0.4) is 0 Å². The van der Waals surface area contributed by atoms with Crippen molar-refractivity contribution >= 4 is 15.9 Å². The van der Waals surface area contributed by atoms with Gasteiger partial charge in [0.1, 0.15) is 0 Å². The molecular weight excluding hydrogens is 248 g/mol. The molecule has 1 aromatic rings. The third-order valence-electron chi connectivity index (χ3n) is 2.68. The third kappa shape index (κ3) is 3.83. The smallest absolute Gasteiger partial charge is 0.0180 e. The first-order valence-electron chi connectivity index (χ1n) is 5.59. The molecule has 1 heteroatoms. The summed E-state index contributed by atoms with van der Waals surface area (Å²) in [5.74, 6) is 0.433. The van der Waals surface area contributed by atoms with Crippen molar-refractivity contribution in [2.45, 2.75) is 39.0 Å². The summed E-state index contributed by atoms with van der Waals surface area (Å²) >= 11 is 3.57. The molecule has 1 unspecified atom stereocenters. The fourth-order valence-corrected chi connectivity index (χ4v) is 2.16. The van der Waals surface area contributed by atoms with Gasteiger partial charge in [-0.3, -0.25) is 0 Å². The van der Waals surface area contributed by atoms with Gasteiger partial charge in [0, 0.05) is 4.47 Å². The number of halogens is 1. The summed E-state index contributed by atoms with van der Waals surface area (Å²) in [7, 11) is 0. The topological polar surface area (TPSA) is 0 Å². The van der Waals surface area contributed by atoms with Crippen molar-refractivity contribution in [1.82, 2.24) is 0 Å². The molecule has 0 saturated carbocycles. The average molecular weight is 267 g/mol. The van der Waals surface area contributed by atoms with Gasteiger partial charge in [0.2, 0.25) is 0 Å². The maximum Gasteiger partial charge on any atom is 0.0180 e. The van der Waals surface area contributed by atoms with Gasteiger partial charge in [0.15, 0.2) is 0 Å². The molecule has 0 aliphatic heterocycles. The van der Waals surface area contributed by atoms with E-state index in [0.717, 1.165) is 0 Å². The number of rotatable bonds is 5.